The summed E-state index contributed by atoms with van der Waals surface area (Å²) in [7, 11) is 0. The highest BCUT2D eigenvalue weighted by Crippen LogP contribution is 2.34. The van der Waals surface area contributed by atoms with Crippen LogP contribution in [-0.2, 0) is 0 Å². The molecule has 0 bridgehead atoms. The van der Waals surface area contributed by atoms with E-state index in [4.69, 9.17) is 9.47 Å². The first-order chi connectivity index (χ1) is 8.20. The van der Waals surface area contributed by atoms with Crippen LogP contribution >= 0.6 is 0 Å². The molecule has 1 heterocycles. The average Bonchev–Trinajstić information content (AvgIpc) is 2.35. The summed E-state index contributed by atoms with van der Waals surface area (Å²) in [6, 6.07) is 8.15. The summed E-state index contributed by atoms with van der Waals surface area (Å²) in [5.41, 5.74) is 1.02. The number of ether oxygens (including phenoxy) is 2. The Labute approximate surface area is 102 Å². The van der Waals surface area contributed by atoms with Crippen LogP contribution in [0.2, 0.25) is 0 Å². The van der Waals surface area contributed by atoms with E-state index in [-0.39, 0.29) is 5.92 Å². The van der Waals surface area contributed by atoms with Gasteiger partial charge in [-0.25, -0.2) is 0 Å². The largest absolute Gasteiger partial charge is 0.486 e. The molecule has 90 valence electrons. The minimum absolute atomic E-state index is 0.0640. The Hall–Kier alpha value is -1.69. The van der Waals surface area contributed by atoms with Crippen LogP contribution in [0, 0.1) is 17.2 Å². The molecule has 0 amide bonds. The highest BCUT2D eigenvalue weighted by Gasteiger charge is 2.17. The first-order valence-electron chi connectivity index (χ1n) is 6.00. The Morgan fingerprint density at radius 3 is 2.59 bits per heavy atom. The number of nitriles is 1. The summed E-state index contributed by atoms with van der Waals surface area (Å²) in [4.78, 5) is 0. The van der Waals surface area contributed by atoms with Crippen molar-refractivity contribution in [1.29, 1.82) is 5.26 Å². The smallest absolute Gasteiger partial charge is 0.161 e. The quantitative estimate of drug-likeness (QED) is 0.802. The fraction of sp³-hybridized carbons (Fsp3) is 0.500. The molecule has 0 N–H and O–H groups in total. The molecule has 17 heavy (non-hydrogen) atoms. The lowest BCUT2D eigenvalue weighted by atomic mass is 9.91. The van der Waals surface area contributed by atoms with Gasteiger partial charge in [0.05, 0.1) is 12.0 Å². The fourth-order valence-corrected chi connectivity index (χ4v) is 2.01. The zero-order valence-corrected chi connectivity index (χ0v) is 10.3. The van der Waals surface area contributed by atoms with Crippen molar-refractivity contribution in [2.24, 2.45) is 5.92 Å². The monoisotopic (exact) mass is 231 g/mol. The van der Waals surface area contributed by atoms with Gasteiger partial charge in [-0.15, -0.1) is 0 Å². The third kappa shape index (κ3) is 2.71. The van der Waals surface area contributed by atoms with Gasteiger partial charge in [0.1, 0.15) is 13.2 Å². The Balaban J connectivity index is 2.23. The molecule has 0 radical (unpaired) electrons. The second-order valence-corrected chi connectivity index (χ2v) is 4.71. The van der Waals surface area contributed by atoms with E-state index in [1.807, 2.05) is 18.2 Å². The summed E-state index contributed by atoms with van der Waals surface area (Å²) < 4.78 is 11.0. The van der Waals surface area contributed by atoms with E-state index in [1.165, 1.54) is 0 Å². The molecule has 1 aliphatic heterocycles. The summed E-state index contributed by atoms with van der Waals surface area (Å²) in [6.45, 7) is 5.43. The summed E-state index contributed by atoms with van der Waals surface area (Å²) in [6.07, 6.45) is 0.871. The van der Waals surface area contributed by atoms with E-state index in [9.17, 15) is 5.26 Å². The van der Waals surface area contributed by atoms with Crippen LogP contribution in [-0.4, -0.2) is 13.2 Å². The second kappa shape index (κ2) is 5.09. The molecule has 3 nitrogen and oxygen atoms in total. The van der Waals surface area contributed by atoms with Crippen LogP contribution in [0.5, 0.6) is 11.5 Å². The maximum absolute atomic E-state index is 9.21. The van der Waals surface area contributed by atoms with Crippen molar-refractivity contribution in [2.45, 2.75) is 26.2 Å². The average molecular weight is 231 g/mol. The third-order valence-corrected chi connectivity index (χ3v) is 2.83. The zero-order chi connectivity index (χ0) is 12.3. The molecular formula is C14H17NO2. The molecule has 3 heteroatoms. The van der Waals surface area contributed by atoms with Crippen LogP contribution in [0.3, 0.4) is 0 Å². The van der Waals surface area contributed by atoms with Crippen LogP contribution in [0.25, 0.3) is 0 Å². The number of hydrogen-bond donors (Lipinski definition) is 0. The summed E-state index contributed by atoms with van der Waals surface area (Å²) in [5, 5.41) is 9.21. The normalized spacial score (nSPS) is 15.4. The van der Waals surface area contributed by atoms with Crippen molar-refractivity contribution >= 4 is 0 Å². The maximum Gasteiger partial charge on any atom is 0.161 e. The number of benzene rings is 1. The molecule has 1 aromatic carbocycles. The predicted molar refractivity (Wildman–Crippen MR) is 65.2 cm³/mol. The molecule has 1 atom stereocenters. The Morgan fingerprint density at radius 1 is 1.24 bits per heavy atom. The number of nitrogens with zero attached hydrogens (tertiary/aromatic N) is 1. The molecule has 2 rings (SSSR count). The molecule has 0 saturated heterocycles. The molecule has 1 aromatic rings. The van der Waals surface area contributed by atoms with Crippen LogP contribution in [0.1, 0.15) is 31.7 Å². The molecular weight excluding hydrogens is 214 g/mol. The SMILES string of the molecule is CC(C)CC(C#N)c1ccc2c(c1)OCCO2. The van der Waals surface area contributed by atoms with E-state index in [0.29, 0.717) is 19.1 Å². The van der Waals surface area contributed by atoms with Gasteiger partial charge >= 0.3 is 0 Å². The van der Waals surface area contributed by atoms with Crippen molar-refractivity contribution in [3.63, 3.8) is 0 Å². The minimum atomic E-state index is -0.0640. The van der Waals surface area contributed by atoms with Gasteiger partial charge in [-0.05, 0) is 30.0 Å². The van der Waals surface area contributed by atoms with Crippen molar-refractivity contribution < 1.29 is 9.47 Å². The molecule has 0 spiro atoms. The Kier molecular flexibility index (Phi) is 3.53. The molecule has 0 fully saturated rings. The lowest BCUT2D eigenvalue weighted by Gasteiger charge is -2.20. The van der Waals surface area contributed by atoms with Crippen molar-refractivity contribution in [3.05, 3.63) is 23.8 Å². The number of fused-ring (bicyclic) bond motifs is 1. The minimum Gasteiger partial charge on any atom is -0.486 e. The first-order valence-corrected chi connectivity index (χ1v) is 6.00. The van der Waals surface area contributed by atoms with Gasteiger partial charge in [-0.2, -0.15) is 5.26 Å². The second-order valence-electron chi connectivity index (χ2n) is 4.71. The molecule has 0 saturated carbocycles. The van der Waals surface area contributed by atoms with Crippen LogP contribution in [0.15, 0.2) is 18.2 Å². The van der Waals surface area contributed by atoms with Gasteiger partial charge in [0.25, 0.3) is 0 Å². The lowest BCUT2D eigenvalue weighted by Crippen LogP contribution is -2.15. The van der Waals surface area contributed by atoms with Crippen molar-refractivity contribution in [2.75, 3.05) is 13.2 Å². The van der Waals surface area contributed by atoms with E-state index >= 15 is 0 Å². The Bertz CT molecular complexity index is 434. The van der Waals surface area contributed by atoms with Crippen LogP contribution < -0.4 is 9.47 Å². The van der Waals surface area contributed by atoms with E-state index < -0.39 is 0 Å². The van der Waals surface area contributed by atoms with Gasteiger partial charge in [-0.1, -0.05) is 19.9 Å². The zero-order valence-electron chi connectivity index (χ0n) is 10.3. The lowest BCUT2D eigenvalue weighted by molar-refractivity contribution is 0.171. The molecule has 0 aromatic heterocycles. The number of rotatable bonds is 3. The maximum atomic E-state index is 9.21. The fourth-order valence-electron chi connectivity index (χ4n) is 2.01. The highest BCUT2D eigenvalue weighted by atomic mass is 16.6. The third-order valence-electron chi connectivity index (χ3n) is 2.83. The molecule has 1 unspecified atom stereocenters. The van der Waals surface area contributed by atoms with E-state index in [2.05, 4.69) is 19.9 Å². The summed E-state index contributed by atoms with van der Waals surface area (Å²) >= 11 is 0. The van der Waals surface area contributed by atoms with E-state index in [0.717, 1.165) is 23.5 Å². The first kappa shape index (κ1) is 11.8. The highest BCUT2D eigenvalue weighted by molar-refractivity contribution is 5.45. The number of hydrogen-bond acceptors (Lipinski definition) is 3. The molecule has 1 aliphatic rings. The van der Waals surface area contributed by atoms with E-state index in [1.54, 1.807) is 0 Å². The van der Waals surface area contributed by atoms with Crippen molar-refractivity contribution in [1.82, 2.24) is 0 Å². The van der Waals surface area contributed by atoms with Gasteiger partial charge < -0.3 is 9.47 Å². The topological polar surface area (TPSA) is 42.2 Å². The summed E-state index contributed by atoms with van der Waals surface area (Å²) in [5.74, 6) is 1.98. The predicted octanol–water partition coefficient (Wildman–Crippen LogP) is 3.11. The standard InChI is InChI=1S/C14H17NO2/c1-10(2)7-12(9-15)11-3-4-13-14(8-11)17-6-5-16-13/h3-4,8,10,12H,5-7H2,1-2H3. The van der Waals surface area contributed by atoms with Crippen LogP contribution in [0.4, 0.5) is 0 Å². The van der Waals surface area contributed by atoms with Gasteiger partial charge in [0.2, 0.25) is 0 Å². The molecule has 0 aliphatic carbocycles. The van der Waals surface area contributed by atoms with Gasteiger partial charge in [0.15, 0.2) is 11.5 Å². The Morgan fingerprint density at radius 2 is 1.94 bits per heavy atom. The van der Waals surface area contributed by atoms with Crippen molar-refractivity contribution in [3.8, 4) is 17.6 Å². The van der Waals surface area contributed by atoms with Gasteiger partial charge in [-0.3, -0.25) is 0 Å². The van der Waals surface area contributed by atoms with Gasteiger partial charge in [0, 0.05) is 0 Å².